The van der Waals surface area contributed by atoms with Gasteiger partial charge in [0.25, 0.3) is 0 Å². The number of unbranched alkanes of at least 4 members (excludes halogenated alkanes) is 3. The van der Waals surface area contributed by atoms with E-state index in [1.807, 2.05) is 0 Å². The van der Waals surface area contributed by atoms with Gasteiger partial charge in [0.05, 0.1) is 22.8 Å². The molecular weight excluding hydrogens is 723 g/mol. The van der Waals surface area contributed by atoms with Crippen LogP contribution in [0.25, 0.3) is 10.8 Å². The maximum Gasteiger partial charge on any atom is 0.158 e. The molecule has 0 amide bonds. The molecule has 0 aliphatic heterocycles. The molecule has 298 valence electrons. The second kappa shape index (κ2) is 23.7. The van der Waals surface area contributed by atoms with Gasteiger partial charge in [0.1, 0.15) is 0 Å². The molecule has 4 aromatic rings. The van der Waals surface area contributed by atoms with Gasteiger partial charge in [0.2, 0.25) is 0 Å². The van der Waals surface area contributed by atoms with Crippen molar-refractivity contribution < 1.29 is 26.7 Å². The van der Waals surface area contributed by atoms with Crippen LogP contribution in [-0.2, 0) is 54.6 Å². The molecule has 0 heterocycles. The van der Waals surface area contributed by atoms with Crippen LogP contribution in [0, 0.1) is 0 Å². The minimum Gasteiger partial charge on any atom is -0.504 e. The van der Waals surface area contributed by atoms with Crippen LogP contribution in [-0.4, -0.2) is 29.7 Å². The Morgan fingerprint density at radius 3 is 1.35 bits per heavy atom. The molecule has 0 spiro atoms. The summed E-state index contributed by atoms with van der Waals surface area (Å²) < 4.78 is 0. The molecule has 0 unspecified atom stereocenters. The maximum absolute atomic E-state index is 9.82. The summed E-state index contributed by atoms with van der Waals surface area (Å²) in [7, 11) is -1.23. The first-order valence-corrected chi connectivity index (χ1v) is 24.5. The van der Waals surface area contributed by atoms with Crippen LogP contribution < -0.4 is 0 Å². The number of aryl methyl sites for hydroxylation is 5. The van der Waals surface area contributed by atoms with Gasteiger partial charge in [-0.15, -0.1) is 0 Å². The largest absolute Gasteiger partial charge is 0.504 e. The SMILES string of the molecule is CCCCCC(=Nc1ccc(CC)c(CC)c1)C(CCCC)=Nc1ccc(CC)c(CC)c1.CCCc1ccc(C[Si](C)(C)C)c2cc(O)c(O)cc12.[Ni]. The number of benzene rings is 4. The summed E-state index contributed by atoms with van der Waals surface area (Å²) in [6.07, 6.45) is 14.3. The number of phenols is 2. The molecule has 54 heavy (non-hydrogen) atoms. The molecule has 0 saturated heterocycles. The van der Waals surface area contributed by atoms with Gasteiger partial charge in [-0.2, -0.15) is 0 Å². The average molecular weight is 794 g/mol. The number of aliphatic imine (C=N–C) groups is 2. The predicted octanol–water partition coefficient (Wildman–Crippen LogP) is 14.2. The molecule has 0 atom stereocenters. The first-order chi connectivity index (χ1) is 25.4. The third-order valence-corrected chi connectivity index (χ3v) is 11.5. The van der Waals surface area contributed by atoms with Crippen molar-refractivity contribution >= 4 is 41.6 Å². The van der Waals surface area contributed by atoms with Crippen molar-refractivity contribution in [1.29, 1.82) is 0 Å². The molecule has 0 aromatic heterocycles. The molecule has 0 fully saturated rings. The van der Waals surface area contributed by atoms with Crippen LogP contribution in [0.5, 0.6) is 11.5 Å². The first-order valence-electron chi connectivity index (χ1n) is 20.8. The quantitative estimate of drug-likeness (QED) is 0.0456. The second-order valence-corrected chi connectivity index (χ2v) is 21.2. The molecule has 0 saturated carbocycles. The van der Waals surface area contributed by atoms with E-state index in [1.54, 1.807) is 12.1 Å². The van der Waals surface area contributed by atoms with Crippen LogP contribution in [0.1, 0.15) is 133 Å². The summed E-state index contributed by atoms with van der Waals surface area (Å²) in [6.45, 7) is 22.7. The zero-order chi connectivity index (χ0) is 39.0. The normalized spacial score (nSPS) is 12.0. The van der Waals surface area contributed by atoms with Crippen LogP contribution in [0.3, 0.4) is 0 Å². The fourth-order valence-electron chi connectivity index (χ4n) is 7.14. The number of rotatable bonds is 18. The Morgan fingerprint density at radius 1 is 0.500 bits per heavy atom. The van der Waals surface area contributed by atoms with Gasteiger partial charge in [-0.3, -0.25) is 9.98 Å². The van der Waals surface area contributed by atoms with Crippen molar-refractivity contribution in [3.05, 3.63) is 94.0 Å². The Balaban J connectivity index is 0.000000410. The monoisotopic (exact) mass is 792 g/mol. The van der Waals surface area contributed by atoms with E-state index >= 15 is 0 Å². The molecule has 0 radical (unpaired) electrons. The Labute approximate surface area is 340 Å². The molecule has 2 N–H and O–H groups in total. The summed E-state index contributed by atoms with van der Waals surface area (Å²) in [5, 5.41) is 21.8. The number of fused-ring (bicyclic) bond motifs is 1. The van der Waals surface area contributed by atoms with E-state index in [-0.39, 0.29) is 28.0 Å². The zero-order valence-electron chi connectivity index (χ0n) is 35.3. The topological polar surface area (TPSA) is 65.2 Å². The zero-order valence-corrected chi connectivity index (χ0v) is 37.3. The van der Waals surface area contributed by atoms with E-state index in [9.17, 15) is 10.2 Å². The van der Waals surface area contributed by atoms with E-state index in [0.717, 1.165) is 86.0 Å². The molecule has 6 heteroatoms. The molecule has 4 nitrogen and oxygen atoms in total. The number of hydrogen-bond donors (Lipinski definition) is 2. The van der Waals surface area contributed by atoms with Crippen LogP contribution >= 0.6 is 0 Å². The predicted molar refractivity (Wildman–Crippen MR) is 237 cm³/mol. The minimum absolute atomic E-state index is 0. The Kier molecular flexibility index (Phi) is 20.6. The van der Waals surface area contributed by atoms with Crippen molar-refractivity contribution in [3.8, 4) is 11.5 Å². The summed E-state index contributed by atoms with van der Waals surface area (Å²) in [6, 6.07) is 22.4. The van der Waals surface area contributed by atoms with Crippen molar-refractivity contribution in [2.75, 3.05) is 0 Å². The number of nitrogens with zero attached hydrogens (tertiary/aromatic N) is 2. The third-order valence-electron chi connectivity index (χ3n) is 10.1. The van der Waals surface area contributed by atoms with Gasteiger partial charge in [-0.25, -0.2) is 0 Å². The maximum atomic E-state index is 9.82. The number of phenolic OH excluding ortho intramolecular Hbond substituents is 2. The molecular formula is C48H70N2NiO2Si. The van der Waals surface area contributed by atoms with E-state index in [0.29, 0.717) is 0 Å². The van der Waals surface area contributed by atoms with Gasteiger partial charge in [0.15, 0.2) is 11.5 Å². The molecule has 4 rings (SSSR count). The first kappa shape index (κ1) is 46.9. The molecule has 0 bridgehead atoms. The van der Waals surface area contributed by atoms with Crippen molar-refractivity contribution in [3.63, 3.8) is 0 Å². The number of hydrogen-bond acceptors (Lipinski definition) is 4. The fourth-order valence-corrected chi connectivity index (χ4v) is 8.59. The number of aromatic hydroxyl groups is 2. The van der Waals surface area contributed by atoms with E-state index in [1.165, 1.54) is 70.5 Å². The van der Waals surface area contributed by atoms with Crippen molar-refractivity contribution in [1.82, 2.24) is 0 Å². The van der Waals surface area contributed by atoms with Gasteiger partial charge in [-0.1, -0.05) is 118 Å². The smallest absolute Gasteiger partial charge is 0.158 e. The van der Waals surface area contributed by atoms with Gasteiger partial charge < -0.3 is 10.2 Å². The van der Waals surface area contributed by atoms with Crippen LogP contribution in [0.15, 0.2) is 70.6 Å². The fraction of sp³-hybridized carbons (Fsp3) is 0.500. The van der Waals surface area contributed by atoms with Crippen molar-refractivity contribution in [2.45, 2.75) is 158 Å². The molecule has 0 aliphatic rings. The van der Waals surface area contributed by atoms with Crippen molar-refractivity contribution in [2.24, 2.45) is 9.98 Å². The summed E-state index contributed by atoms with van der Waals surface area (Å²) in [5.74, 6) is -0.0528. The molecule has 4 aromatic carbocycles. The van der Waals surface area contributed by atoms with E-state index in [4.69, 9.17) is 9.98 Å². The van der Waals surface area contributed by atoms with Crippen LogP contribution in [0.2, 0.25) is 19.6 Å². The summed E-state index contributed by atoms with van der Waals surface area (Å²) >= 11 is 0. The van der Waals surface area contributed by atoms with Gasteiger partial charge >= 0.3 is 0 Å². The summed E-state index contributed by atoms with van der Waals surface area (Å²) in [4.78, 5) is 10.4. The standard InChI is InChI=1S/C31H46N2.C17H24O2Si.Ni/c1-7-13-15-17-31(33-29-21-19-25(10-4)27(12-6)23-29)30(16-14-8-2)32-28-20-18-24(9-3)26(11-5)22-28;1-5-6-12-7-8-13(11-20(2,3)4)15-10-17(19)16(18)9-14(12)15;/h18-23H,7-17H2,1-6H3;7-10,18-19H,5-6,11H2,1-4H3;. The third kappa shape index (κ3) is 14.1. The summed E-state index contributed by atoms with van der Waals surface area (Å²) in [5.41, 5.74) is 12.8. The average Bonchev–Trinajstić information content (AvgIpc) is 3.14. The Morgan fingerprint density at radius 2 is 0.926 bits per heavy atom. The molecule has 0 aliphatic carbocycles. The van der Waals surface area contributed by atoms with Gasteiger partial charge in [0, 0.05) is 24.6 Å². The Hall–Kier alpha value is -3.21. The van der Waals surface area contributed by atoms with E-state index < -0.39 is 8.07 Å². The minimum atomic E-state index is -1.23. The van der Waals surface area contributed by atoms with Gasteiger partial charge in [-0.05, 0) is 144 Å². The van der Waals surface area contributed by atoms with Crippen LogP contribution in [0.4, 0.5) is 11.4 Å². The Bertz CT molecular complexity index is 1820. The second-order valence-electron chi connectivity index (χ2n) is 15.8. The van der Waals surface area contributed by atoms with E-state index in [2.05, 4.69) is 117 Å².